The number of ketones is 1. The van der Waals surface area contributed by atoms with Crippen LogP contribution in [-0.4, -0.2) is 11.8 Å². The SMILES string of the molecule is O=C(C[C@@H]1OC(=O)c2ccccc21)c1ccc(Cl)s1. The first-order valence-corrected chi connectivity index (χ1v) is 6.93. The van der Waals surface area contributed by atoms with Gasteiger partial charge in [0.05, 0.1) is 21.2 Å². The molecule has 1 aromatic carbocycles. The van der Waals surface area contributed by atoms with Crippen LogP contribution in [0.1, 0.15) is 38.1 Å². The Morgan fingerprint density at radius 1 is 1.26 bits per heavy atom. The first kappa shape index (κ1) is 12.4. The molecule has 5 heteroatoms. The fraction of sp³-hybridized carbons (Fsp3) is 0.143. The maximum absolute atomic E-state index is 12.1. The second-order valence-electron chi connectivity index (χ2n) is 4.21. The molecule has 0 radical (unpaired) electrons. The summed E-state index contributed by atoms with van der Waals surface area (Å²) in [6, 6.07) is 10.5. The van der Waals surface area contributed by atoms with Gasteiger partial charge in [-0.2, -0.15) is 0 Å². The Kier molecular flexibility index (Phi) is 3.12. The number of thiophene rings is 1. The molecule has 3 rings (SSSR count). The highest BCUT2D eigenvalue weighted by Crippen LogP contribution is 2.34. The highest BCUT2D eigenvalue weighted by atomic mass is 35.5. The van der Waals surface area contributed by atoms with Crippen LogP contribution in [0.5, 0.6) is 0 Å². The summed E-state index contributed by atoms with van der Waals surface area (Å²) >= 11 is 7.04. The van der Waals surface area contributed by atoms with Crippen molar-refractivity contribution < 1.29 is 14.3 Å². The molecule has 0 fully saturated rings. The lowest BCUT2D eigenvalue weighted by molar-refractivity contribution is 0.0367. The number of halogens is 1. The zero-order chi connectivity index (χ0) is 13.4. The van der Waals surface area contributed by atoms with E-state index < -0.39 is 6.10 Å². The molecule has 1 aromatic heterocycles. The van der Waals surface area contributed by atoms with E-state index in [0.29, 0.717) is 14.8 Å². The van der Waals surface area contributed by atoms with Crippen LogP contribution >= 0.6 is 22.9 Å². The van der Waals surface area contributed by atoms with E-state index in [-0.39, 0.29) is 18.2 Å². The molecule has 0 bridgehead atoms. The van der Waals surface area contributed by atoms with Gasteiger partial charge in [-0.15, -0.1) is 11.3 Å². The maximum Gasteiger partial charge on any atom is 0.339 e. The number of carbonyl (C=O) groups excluding carboxylic acids is 2. The van der Waals surface area contributed by atoms with Gasteiger partial charge < -0.3 is 4.74 Å². The van der Waals surface area contributed by atoms with Crippen LogP contribution in [0, 0.1) is 0 Å². The first-order valence-electron chi connectivity index (χ1n) is 5.73. The van der Waals surface area contributed by atoms with Crippen molar-refractivity contribution in [2.45, 2.75) is 12.5 Å². The minimum Gasteiger partial charge on any atom is -0.453 e. The highest BCUT2D eigenvalue weighted by molar-refractivity contribution is 7.18. The minimum absolute atomic E-state index is 0.0635. The van der Waals surface area contributed by atoms with Crippen LogP contribution in [0.25, 0.3) is 0 Å². The lowest BCUT2D eigenvalue weighted by Gasteiger charge is -2.08. The van der Waals surface area contributed by atoms with Crippen LogP contribution in [-0.2, 0) is 4.74 Å². The van der Waals surface area contributed by atoms with E-state index >= 15 is 0 Å². The van der Waals surface area contributed by atoms with Crippen molar-refractivity contribution in [3.63, 3.8) is 0 Å². The van der Waals surface area contributed by atoms with Crippen molar-refractivity contribution in [3.05, 3.63) is 56.7 Å². The molecule has 0 saturated heterocycles. The molecule has 19 heavy (non-hydrogen) atoms. The van der Waals surface area contributed by atoms with Crippen LogP contribution < -0.4 is 0 Å². The summed E-state index contributed by atoms with van der Waals surface area (Å²) in [7, 11) is 0. The topological polar surface area (TPSA) is 43.4 Å². The number of hydrogen-bond donors (Lipinski definition) is 0. The van der Waals surface area contributed by atoms with Crippen molar-refractivity contribution in [1.82, 2.24) is 0 Å². The summed E-state index contributed by atoms with van der Waals surface area (Å²) in [6.45, 7) is 0. The summed E-state index contributed by atoms with van der Waals surface area (Å²) in [4.78, 5) is 24.3. The molecule has 2 aromatic rings. The standard InChI is InChI=1S/C14H9ClO3S/c15-13-6-5-12(19-13)10(16)7-11-8-3-1-2-4-9(8)14(17)18-11/h1-6,11H,7H2/t11-/m0/s1. The zero-order valence-corrected chi connectivity index (χ0v) is 11.3. The Labute approximate surface area is 118 Å². The normalized spacial score (nSPS) is 17.1. The molecule has 1 atom stereocenters. The molecule has 0 saturated carbocycles. The molecule has 1 aliphatic heterocycles. The molecule has 0 N–H and O–H groups in total. The Bertz CT molecular complexity index is 662. The number of benzene rings is 1. The van der Waals surface area contributed by atoms with Gasteiger partial charge in [-0.1, -0.05) is 29.8 Å². The van der Waals surface area contributed by atoms with Crippen molar-refractivity contribution >= 4 is 34.7 Å². The van der Waals surface area contributed by atoms with Gasteiger partial charge in [0.25, 0.3) is 0 Å². The van der Waals surface area contributed by atoms with Gasteiger partial charge in [0.2, 0.25) is 0 Å². The monoisotopic (exact) mass is 292 g/mol. The van der Waals surface area contributed by atoms with Crippen molar-refractivity contribution in [2.24, 2.45) is 0 Å². The van der Waals surface area contributed by atoms with Crippen LogP contribution in [0.15, 0.2) is 36.4 Å². The molecule has 0 unspecified atom stereocenters. The second kappa shape index (κ2) is 4.79. The van der Waals surface area contributed by atoms with Gasteiger partial charge in [0, 0.05) is 5.56 Å². The lowest BCUT2D eigenvalue weighted by Crippen LogP contribution is -2.06. The van der Waals surface area contributed by atoms with E-state index in [0.717, 1.165) is 5.56 Å². The predicted molar refractivity (Wildman–Crippen MR) is 72.9 cm³/mol. The predicted octanol–water partition coefficient (Wildman–Crippen LogP) is 3.89. The fourth-order valence-electron chi connectivity index (χ4n) is 2.10. The number of rotatable bonds is 3. The Morgan fingerprint density at radius 3 is 2.79 bits per heavy atom. The highest BCUT2D eigenvalue weighted by Gasteiger charge is 2.32. The van der Waals surface area contributed by atoms with Crippen LogP contribution in [0.3, 0.4) is 0 Å². The van der Waals surface area contributed by atoms with E-state index in [1.54, 1.807) is 24.3 Å². The van der Waals surface area contributed by atoms with Crippen molar-refractivity contribution in [2.75, 3.05) is 0 Å². The fourth-order valence-corrected chi connectivity index (χ4v) is 3.10. The number of fused-ring (bicyclic) bond motifs is 1. The number of ether oxygens (including phenoxy) is 1. The molecule has 1 aliphatic rings. The van der Waals surface area contributed by atoms with E-state index in [4.69, 9.17) is 16.3 Å². The third-order valence-electron chi connectivity index (χ3n) is 3.00. The molecule has 0 spiro atoms. The van der Waals surface area contributed by atoms with Crippen LogP contribution in [0.2, 0.25) is 4.34 Å². The van der Waals surface area contributed by atoms with E-state index in [1.165, 1.54) is 11.3 Å². The summed E-state index contributed by atoms with van der Waals surface area (Å²) in [6.07, 6.45) is -0.336. The van der Waals surface area contributed by atoms with Gasteiger partial charge in [-0.25, -0.2) is 4.79 Å². The van der Waals surface area contributed by atoms with Crippen molar-refractivity contribution in [1.29, 1.82) is 0 Å². The average molecular weight is 293 g/mol. The average Bonchev–Trinajstić information content (AvgIpc) is 2.96. The van der Waals surface area contributed by atoms with E-state index in [2.05, 4.69) is 0 Å². The zero-order valence-electron chi connectivity index (χ0n) is 9.76. The summed E-state index contributed by atoms with van der Waals surface area (Å²) in [5.74, 6) is -0.427. The smallest absolute Gasteiger partial charge is 0.339 e. The minimum atomic E-state index is -0.489. The third-order valence-corrected chi connectivity index (χ3v) is 4.27. The van der Waals surface area contributed by atoms with E-state index in [9.17, 15) is 9.59 Å². The Balaban J connectivity index is 1.82. The largest absolute Gasteiger partial charge is 0.453 e. The summed E-state index contributed by atoms with van der Waals surface area (Å²) < 4.78 is 5.82. The molecule has 0 aliphatic carbocycles. The van der Waals surface area contributed by atoms with Gasteiger partial charge in [-0.05, 0) is 18.2 Å². The Morgan fingerprint density at radius 2 is 2.05 bits per heavy atom. The third kappa shape index (κ3) is 2.29. The maximum atomic E-state index is 12.1. The van der Waals surface area contributed by atoms with Gasteiger partial charge in [0.15, 0.2) is 5.78 Å². The number of cyclic esters (lactones) is 1. The van der Waals surface area contributed by atoms with Gasteiger partial charge in [-0.3, -0.25) is 4.79 Å². The second-order valence-corrected chi connectivity index (χ2v) is 5.93. The Hall–Kier alpha value is -1.65. The quantitative estimate of drug-likeness (QED) is 0.637. The molecule has 0 amide bonds. The van der Waals surface area contributed by atoms with Gasteiger partial charge in [0.1, 0.15) is 6.10 Å². The first-order chi connectivity index (χ1) is 9.15. The number of esters is 1. The summed E-state index contributed by atoms with van der Waals surface area (Å²) in [5.41, 5.74) is 1.33. The molecular formula is C14H9ClO3S. The molecule has 96 valence electrons. The van der Waals surface area contributed by atoms with Gasteiger partial charge >= 0.3 is 5.97 Å². The number of Topliss-reactive ketones (excluding diaryl/α,β-unsaturated/α-hetero) is 1. The molecular weight excluding hydrogens is 284 g/mol. The van der Waals surface area contributed by atoms with E-state index in [1.807, 2.05) is 12.1 Å². The summed E-state index contributed by atoms with van der Waals surface area (Å²) in [5, 5.41) is 0. The lowest BCUT2D eigenvalue weighted by atomic mass is 10.0. The molecule has 3 nitrogen and oxygen atoms in total. The van der Waals surface area contributed by atoms with Crippen LogP contribution in [0.4, 0.5) is 0 Å². The van der Waals surface area contributed by atoms with Crippen molar-refractivity contribution in [3.8, 4) is 0 Å². The number of hydrogen-bond acceptors (Lipinski definition) is 4. The molecule has 2 heterocycles. The number of carbonyl (C=O) groups is 2.